The summed E-state index contributed by atoms with van der Waals surface area (Å²) in [6, 6.07) is 12.8. The monoisotopic (exact) mass is 479 g/mol. The number of sulfonamides is 2. The minimum Gasteiger partial charge on any atom is -0.326 e. The van der Waals surface area contributed by atoms with Gasteiger partial charge in [0.05, 0.1) is 9.79 Å². The maximum atomic E-state index is 13.0. The van der Waals surface area contributed by atoms with E-state index in [4.69, 9.17) is 0 Å². The molecule has 1 amide bonds. The first kappa shape index (κ1) is 24.4. The Kier molecular flexibility index (Phi) is 7.39. The maximum absolute atomic E-state index is 13.0. The van der Waals surface area contributed by atoms with Gasteiger partial charge in [-0.1, -0.05) is 26.0 Å². The normalized spacial score (nSPS) is 17.1. The lowest BCUT2D eigenvalue weighted by Crippen LogP contribution is -2.50. The number of rotatable bonds is 7. The summed E-state index contributed by atoms with van der Waals surface area (Å²) in [7, 11) is -7.45. The standard InChI is InChI=1S/C22H29N3O5S2/c1-4-17(2)19-5-9-21(10-6-19)31(27,28)24-13-15-25(16-14-24)32(29,30)22-11-7-20(8-12-22)23-18(3)26/h5-12,17H,4,13-16H2,1-3H3,(H,23,26)/t17-/m1/s1. The molecule has 0 aromatic heterocycles. The van der Waals surface area contributed by atoms with E-state index in [0.29, 0.717) is 11.6 Å². The van der Waals surface area contributed by atoms with Gasteiger partial charge in [-0.05, 0) is 54.3 Å². The number of hydrogen-bond donors (Lipinski definition) is 1. The van der Waals surface area contributed by atoms with Crippen molar-refractivity contribution in [2.24, 2.45) is 0 Å². The molecular formula is C22H29N3O5S2. The summed E-state index contributed by atoms with van der Waals surface area (Å²) < 4.78 is 54.5. The molecule has 10 heteroatoms. The lowest BCUT2D eigenvalue weighted by atomic mass is 9.99. The van der Waals surface area contributed by atoms with E-state index in [0.717, 1.165) is 12.0 Å². The Labute approximate surface area is 190 Å². The van der Waals surface area contributed by atoms with Crippen molar-refractivity contribution in [3.8, 4) is 0 Å². The highest BCUT2D eigenvalue weighted by Gasteiger charge is 2.33. The van der Waals surface area contributed by atoms with E-state index in [1.807, 2.05) is 12.1 Å². The fourth-order valence-corrected chi connectivity index (χ4v) is 6.41. The Hall–Kier alpha value is -2.27. The summed E-state index contributed by atoms with van der Waals surface area (Å²) in [6.07, 6.45) is 0.971. The molecule has 1 aliphatic heterocycles. The van der Waals surface area contributed by atoms with Crippen molar-refractivity contribution in [3.63, 3.8) is 0 Å². The topological polar surface area (TPSA) is 104 Å². The number of nitrogens with one attached hydrogen (secondary N) is 1. The summed E-state index contributed by atoms with van der Waals surface area (Å²) >= 11 is 0. The molecule has 2 aromatic rings. The van der Waals surface area contributed by atoms with Gasteiger partial charge >= 0.3 is 0 Å². The largest absolute Gasteiger partial charge is 0.326 e. The molecule has 8 nitrogen and oxygen atoms in total. The molecule has 1 aliphatic rings. The Morgan fingerprint density at radius 3 is 1.62 bits per heavy atom. The molecule has 174 valence electrons. The molecule has 0 unspecified atom stereocenters. The predicted molar refractivity (Wildman–Crippen MR) is 123 cm³/mol. The summed E-state index contributed by atoms with van der Waals surface area (Å²) in [4.78, 5) is 11.4. The first-order valence-corrected chi connectivity index (χ1v) is 13.4. The number of carbonyl (C=O) groups is 1. The van der Waals surface area contributed by atoms with Crippen LogP contribution in [0.3, 0.4) is 0 Å². The molecule has 0 radical (unpaired) electrons. The third-order valence-electron chi connectivity index (χ3n) is 5.71. The lowest BCUT2D eigenvalue weighted by molar-refractivity contribution is -0.114. The van der Waals surface area contributed by atoms with Crippen LogP contribution in [0.15, 0.2) is 58.3 Å². The number of hydrogen-bond acceptors (Lipinski definition) is 5. The van der Waals surface area contributed by atoms with Crippen LogP contribution in [-0.2, 0) is 24.8 Å². The number of anilines is 1. The van der Waals surface area contributed by atoms with Gasteiger partial charge in [0.1, 0.15) is 0 Å². The van der Waals surface area contributed by atoms with Crippen molar-refractivity contribution in [3.05, 3.63) is 54.1 Å². The van der Waals surface area contributed by atoms with Crippen molar-refractivity contribution in [2.75, 3.05) is 31.5 Å². The van der Waals surface area contributed by atoms with Crippen molar-refractivity contribution in [2.45, 2.75) is 42.9 Å². The van der Waals surface area contributed by atoms with Gasteiger partial charge in [-0.3, -0.25) is 4.79 Å². The van der Waals surface area contributed by atoms with Crippen LogP contribution in [-0.4, -0.2) is 57.5 Å². The first-order chi connectivity index (χ1) is 15.1. The molecule has 0 bridgehead atoms. The molecule has 1 atom stereocenters. The van der Waals surface area contributed by atoms with Crippen LogP contribution in [0.25, 0.3) is 0 Å². The second kappa shape index (κ2) is 9.70. The highest BCUT2D eigenvalue weighted by molar-refractivity contribution is 7.89. The molecule has 0 aliphatic carbocycles. The van der Waals surface area contributed by atoms with Crippen LogP contribution in [0, 0.1) is 0 Å². The zero-order chi connectivity index (χ0) is 23.5. The van der Waals surface area contributed by atoms with E-state index >= 15 is 0 Å². The van der Waals surface area contributed by atoms with Gasteiger partial charge in [-0.2, -0.15) is 8.61 Å². The van der Waals surface area contributed by atoms with Crippen LogP contribution in [0.4, 0.5) is 5.69 Å². The number of amides is 1. The van der Waals surface area contributed by atoms with E-state index in [9.17, 15) is 21.6 Å². The molecule has 2 aromatic carbocycles. The van der Waals surface area contributed by atoms with E-state index < -0.39 is 20.0 Å². The fourth-order valence-electron chi connectivity index (χ4n) is 3.57. The van der Waals surface area contributed by atoms with Gasteiger partial charge in [0.2, 0.25) is 26.0 Å². The summed E-state index contributed by atoms with van der Waals surface area (Å²) in [5.74, 6) is 0.111. The number of nitrogens with zero attached hydrogens (tertiary/aromatic N) is 2. The van der Waals surface area contributed by atoms with Crippen LogP contribution in [0.2, 0.25) is 0 Å². The van der Waals surface area contributed by atoms with Crippen LogP contribution in [0.1, 0.15) is 38.7 Å². The summed E-state index contributed by atoms with van der Waals surface area (Å²) in [6.45, 7) is 5.85. The van der Waals surface area contributed by atoms with Gasteiger partial charge in [0.25, 0.3) is 0 Å². The molecule has 1 fully saturated rings. The maximum Gasteiger partial charge on any atom is 0.243 e. The Balaban J connectivity index is 1.69. The number of benzene rings is 2. The third-order valence-corrected chi connectivity index (χ3v) is 9.54. The highest BCUT2D eigenvalue weighted by atomic mass is 32.2. The van der Waals surface area contributed by atoms with Gasteiger partial charge < -0.3 is 5.32 Å². The van der Waals surface area contributed by atoms with Crippen LogP contribution in [0.5, 0.6) is 0 Å². The molecule has 1 heterocycles. The zero-order valence-electron chi connectivity index (χ0n) is 18.5. The van der Waals surface area contributed by atoms with Crippen molar-refractivity contribution in [1.82, 2.24) is 8.61 Å². The molecule has 1 N–H and O–H groups in total. The van der Waals surface area contributed by atoms with Crippen molar-refractivity contribution >= 4 is 31.6 Å². The minimum absolute atomic E-state index is 0.0694. The second-order valence-corrected chi connectivity index (χ2v) is 11.8. The molecule has 3 rings (SSSR count). The second-order valence-electron chi connectivity index (χ2n) is 7.89. The van der Waals surface area contributed by atoms with Crippen LogP contribution < -0.4 is 5.32 Å². The first-order valence-electron chi connectivity index (χ1n) is 10.5. The Bertz CT molecular complexity index is 1150. The quantitative estimate of drug-likeness (QED) is 0.658. The number of carbonyl (C=O) groups excluding carboxylic acids is 1. The lowest BCUT2D eigenvalue weighted by Gasteiger charge is -2.33. The third kappa shape index (κ3) is 5.20. The molecule has 32 heavy (non-hydrogen) atoms. The Morgan fingerprint density at radius 1 is 0.844 bits per heavy atom. The molecule has 0 spiro atoms. The minimum atomic E-state index is -3.76. The SMILES string of the molecule is CC[C@@H](C)c1ccc(S(=O)(=O)N2CCN(S(=O)(=O)c3ccc(NC(C)=O)cc3)CC2)cc1. The average Bonchev–Trinajstić information content (AvgIpc) is 2.78. The van der Waals surface area contributed by atoms with E-state index in [-0.39, 0.29) is 41.9 Å². The highest BCUT2D eigenvalue weighted by Crippen LogP contribution is 2.25. The summed E-state index contributed by atoms with van der Waals surface area (Å²) in [5.41, 5.74) is 1.60. The molecule has 1 saturated heterocycles. The van der Waals surface area contributed by atoms with Gasteiger partial charge in [-0.15, -0.1) is 0 Å². The summed E-state index contributed by atoms with van der Waals surface area (Å²) in [5, 5.41) is 2.59. The molecule has 0 saturated carbocycles. The smallest absolute Gasteiger partial charge is 0.243 e. The van der Waals surface area contributed by atoms with Gasteiger partial charge in [-0.25, -0.2) is 16.8 Å². The van der Waals surface area contributed by atoms with Gasteiger partial charge in [0.15, 0.2) is 0 Å². The van der Waals surface area contributed by atoms with Gasteiger partial charge in [0, 0.05) is 38.8 Å². The predicted octanol–water partition coefficient (Wildman–Crippen LogP) is 2.85. The number of piperazine rings is 1. The van der Waals surface area contributed by atoms with Crippen molar-refractivity contribution in [1.29, 1.82) is 0 Å². The van der Waals surface area contributed by atoms with Crippen LogP contribution >= 0.6 is 0 Å². The Morgan fingerprint density at radius 2 is 1.25 bits per heavy atom. The van der Waals surface area contributed by atoms with E-state index in [1.54, 1.807) is 12.1 Å². The van der Waals surface area contributed by atoms with E-state index in [2.05, 4.69) is 19.2 Å². The zero-order valence-corrected chi connectivity index (χ0v) is 20.1. The van der Waals surface area contributed by atoms with Crippen molar-refractivity contribution < 1.29 is 21.6 Å². The fraction of sp³-hybridized carbons (Fsp3) is 0.409. The molecular weight excluding hydrogens is 450 g/mol. The van der Waals surface area contributed by atoms with E-state index in [1.165, 1.54) is 39.8 Å². The average molecular weight is 480 g/mol.